The van der Waals surface area contributed by atoms with Gasteiger partial charge in [-0.25, -0.2) is 10.2 Å². The normalized spacial score (nSPS) is 10.6. The van der Waals surface area contributed by atoms with E-state index in [0.29, 0.717) is 40.0 Å². The molecule has 0 aliphatic heterocycles. The highest BCUT2D eigenvalue weighted by Crippen LogP contribution is 2.28. The summed E-state index contributed by atoms with van der Waals surface area (Å²) >= 11 is 5.88. The van der Waals surface area contributed by atoms with Gasteiger partial charge in [0.1, 0.15) is 11.5 Å². The number of esters is 1. The molecule has 35 heavy (non-hydrogen) atoms. The molecular formula is C26H25ClN2O6. The van der Waals surface area contributed by atoms with Crippen molar-refractivity contribution in [1.29, 1.82) is 0 Å². The third kappa shape index (κ3) is 8.04. The van der Waals surface area contributed by atoms with E-state index in [1.165, 1.54) is 13.3 Å². The molecule has 182 valence electrons. The standard InChI is InChI=1S/C26H25ClN2O6/c1-3-13-33-21-10-8-19(9-11-21)26(31)35-23-12-7-18(14-24(23)32-2)16-28-29-25(30)17-34-22-6-4-5-20(27)15-22/h4-12,14-16H,3,13,17H2,1-2H3,(H,29,30). The van der Waals surface area contributed by atoms with Gasteiger partial charge in [0.2, 0.25) is 0 Å². The molecule has 0 aliphatic rings. The number of carbonyl (C=O) groups excluding carboxylic acids is 2. The van der Waals surface area contributed by atoms with Crippen LogP contribution in [0.5, 0.6) is 23.0 Å². The number of ether oxygens (including phenoxy) is 4. The molecule has 1 amide bonds. The van der Waals surface area contributed by atoms with E-state index in [1.807, 2.05) is 6.92 Å². The van der Waals surface area contributed by atoms with Crippen molar-refractivity contribution < 1.29 is 28.5 Å². The van der Waals surface area contributed by atoms with Crippen LogP contribution in [0, 0.1) is 0 Å². The van der Waals surface area contributed by atoms with Crippen molar-refractivity contribution in [3.05, 3.63) is 82.9 Å². The van der Waals surface area contributed by atoms with Gasteiger partial charge in [-0.05, 0) is 72.6 Å². The summed E-state index contributed by atoms with van der Waals surface area (Å²) in [5.41, 5.74) is 3.37. The van der Waals surface area contributed by atoms with Crippen molar-refractivity contribution in [3.63, 3.8) is 0 Å². The van der Waals surface area contributed by atoms with Crippen LogP contribution < -0.4 is 24.4 Å². The van der Waals surface area contributed by atoms with Crippen LogP contribution in [0.15, 0.2) is 71.8 Å². The Morgan fingerprint density at radius 3 is 2.49 bits per heavy atom. The Balaban J connectivity index is 1.54. The van der Waals surface area contributed by atoms with Gasteiger partial charge in [0, 0.05) is 5.02 Å². The summed E-state index contributed by atoms with van der Waals surface area (Å²) in [5, 5.41) is 4.42. The molecule has 0 bridgehead atoms. The number of benzene rings is 3. The topological polar surface area (TPSA) is 95.5 Å². The maximum absolute atomic E-state index is 12.5. The number of nitrogens with zero attached hydrogens (tertiary/aromatic N) is 1. The van der Waals surface area contributed by atoms with Crippen molar-refractivity contribution in [1.82, 2.24) is 5.43 Å². The molecule has 0 saturated heterocycles. The zero-order chi connectivity index (χ0) is 25.0. The third-order valence-corrected chi connectivity index (χ3v) is 4.76. The average Bonchev–Trinajstić information content (AvgIpc) is 2.87. The fourth-order valence-electron chi connectivity index (χ4n) is 2.83. The molecule has 0 radical (unpaired) electrons. The lowest BCUT2D eigenvalue weighted by Gasteiger charge is -2.10. The lowest BCUT2D eigenvalue weighted by Crippen LogP contribution is -2.24. The van der Waals surface area contributed by atoms with E-state index < -0.39 is 11.9 Å². The van der Waals surface area contributed by atoms with Crippen molar-refractivity contribution in [2.24, 2.45) is 5.10 Å². The second kappa shape index (κ2) is 13.0. The Kier molecular flexibility index (Phi) is 9.50. The maximum atomic E-state index is 12.5. The summed E-state index contributed by atoms with van der Waals surface area (Å²) in [6.45, 7) is 2.41. The Morgan fingerprint density at radius 2 is 1.77 bits per heavy atom. The highest BCUT2D eigenvalue weighted by molar-refractivity contribution is 6.30. The first-order valence-electron chi connectivity index (χ1n) is 10.8. The summed E-state index contributed by atoms with van der Waals surface area (Å²) in [5.74, 6) is 0.782. The van der Waals surface area contributed by atoms with E-state index in [2.05, 4.69) is 10.5 Å². The molecule has 0 fully saturated rings. The predicted octanol–water partition coefficient (Wildman–Crippen LogP) is 4.89. The number of halogens is 1. The zero-order valence-corrected chi connectivity index (χ0v) is 20.1. The lowest BCUT2D eigenvalue weighted by molar-refractivity contribution is -0.123. The van der Waals surface area contributed by atoms with Gasteiger partial charge in [-0.2, -0.15) is 5.10 Å². The quantitative estimate of drug-likeness (QED) is 0.176. The smallest absolute Gasteiger partial charge is 0.343 e. The molecule has 0 spiro atoms. The molecule has 0 aliphatic carbocycles. The van der Waals surface area contributed by atoms with Crippen LogP contribution in [0.2, 0.25) is 5.02 Å². The second-order valence-corrected chi connectivity index (χ2v) is 7.65. The minimum Gasteiger partial charge on any atom is -0.494 e. The number of hydrogen-bond donors (Lipinski definition) is 1. The molecule has 3 aromatic carbocycles. The largest absolute Gasteiger partial charge is 0.494 e. The lowest BCUT2D eigenvalue weighted by atomic mass is 10.2. The summed E-state index contributed by atoms with van der Waals surface area (Å²) < 4.78 is 21.7. The summed E-state index contributed by atoms with van der Waals surface area (Å²) in [4.78, 5) is 24.4. The first kappa shape index (κ1) is 25.6. The number of rotatable bonds is 11. The van der Waals surface area contributed by atoms with Gasteiger partial charge in [-0.15, -0.1) is 0 Å². The third-order valence-electron chi connectivity index (χ3n) is 4.52. The molecule has 3 rings (SSSR count). The molecule has 3 aromatic rings. The van der Waals surface area contributed by atoms with Gasteiger partial charge in [-0.3, -0.25) is 4.79 Å². The molecule has 9 heteroatoms. The van der Waals surface area contributed by atoms with Gasteiger partial charge in [0.15, 0.2) is 18.1 Å². The molecule has 0 aromatic heterocycles. The van der Waals surface area contributed by atoms with Crippen LogP contribution in [0.3, 0.4) is 0 Å². The van der Waals surface area contributed by atoms with Crippen LogP contribution in [0.4, 0.5) is 0 Å². The van der Waals surface area contributed by atoms with Crippen LogP contribution in [0.25, 0.3) is 0 Å². The average molecular weight is 497 g/mol. The SMILES string of the molecule is CCCOc1ccc(C(=O)Oc2ccc(C=NNC(=O)COc3cccc(Cl)c3)cc2OC)cc1. The summed E-state index contributed by atoms with van der Waals surface area (Å²) in [7, 11) is 1.46. The number of methoxy groups -OCH3 is 1. The van der Waals surface area contributed by atoms with E-state index in [-0.39, 0.29) is 12.4 Å². The van der Waals surface area contributed by atoms with Crippen LogP contribution >= 0.6 is 11.6 Å². The molecular weight excluding hydrogens is 472 g/mol. The number of nitrogens with one attached hydrogen (secondary N) is 1. The van der Waals surface area contributed by atoms with Crippen molar-refractivity contribution in [2.75, 3.05) is 20.3 Å². The van der Waals surface area contributed by atoms with Crippen LogP contribution in [-0.2, 0) is 4.79 Å². The number of hydrazone groups is 1. The Hall–Kier alpha value is -4.04. The van der Waals surface area contributed by atoms with Gasteiger partial charge in [0.25, 0.3) is 5.91 Å². The van der Waals surface area contributed by atoms with Gasteiger partial charge < -0.3 is 18.9 Å². The fraction of sp³-hybridized carbons (Fsp3) is 0.192. The highest BCUT2D eigenvalue weighted by atomic mass is 35.5. The van der Waals surface area contributed by atoms with Crippen LogP contribution in [-0.4, -0.2) is 38.4 Å². The zero-order valence-electron chi connectivity index (χ0n) is 19.3. The molecule has 0 heterocycles. The maximum Gasteiger partial charge on any atom is 0.343 e. The minimum absolute atomic E-state index is 0.221. The predicted molar refractivity (Wildman–Crippen MR) is 133 cm³/mol. The minimum atomic E-state index is -0.529. The molecule has 0 saturated carbocycles. The summed E-state index contributed by atoms with van der Waals surface area (Å²) in [6.07, 6.45) is 2.33. The van der Waals surface area contributed by atoms with Crippen molar-refractivity contribution >= 4 is 29.7 Å². The van der Waals surface area contributed by atoms with E-state index in [4.69, 9.17) is 30.5 Å². The fourth-order valence-corrected chi connectivity index (χ4v) is 3.01. The molecule has 8 nitrogen and oxygen atoms in total. The Morgan fingerprint density at radius 1 is 0.971 bits per heavy atom. The van der Waals surface area contributed by atoms with E-state index in [1.54, 1.807) is 66.7 Å². The van der Waals surface area contributed by atoms with Gasteiger partial charge in [-0.1, -0.05) is 24.6 Å². The Labute approximate surface area is 208 Å². The first-order chi connectivity index (χ1) is 17.0. The van der Waals surface area contributed by atoms with E-state index in [9.17, 15) is 9.59 Å². The number of hydrogen-bond acceptors (Lipinski definition) is 7. The van der Waals surface area contributed by atoms with Gasteiger partial charge in [0.05, 0.1) is 25.5 Å². The molecule has 0 unspecified atom stereocenters. The van der Waals surface area contributed by atoms with Crippen molar-refractivity contribution in [2.45, 2.75) is 13.3 Å². The van der Waals surface area contributed by atoms with E-state index >= 15 is 0 Å². The summed E-state index contributed by atoms with van der Waals surface area (Å²) in [6, 6.07) is 18.3. The van der Waals surface area contributed by atoms with Gasteiger partial charge >= 0.3 is 5.97 Å². The monoisotopic (exact) mass is 496 g/mol. The van der Waals surface area contributed by atoms with Crippen LogP contribution in [0.1, 0.15) is 29.3 Å². The van der Waals surface area contributed by atoms with Crippen molar-refractivity contribution in [3.8, 4) is 23.0 Å². The number of amides is 1. The molecule has 0 atom stereocenters. The van der Waals surface area contributed by atoms with E-state index in [0.717, 1.165) is 6.42 Å². The Bertz CT molecular complexity index is 1180. The number of carbonyl (C=O) groups is 2. The molecule has 1 N–H and O–H groups in total. The first-order valence-corrected chi connectivity index (χ1v) is 11.2. The highest BCUT2D eigenvalue weighted by Gasteiger charge is 2.13. The second-order valence-electron chi connectivity index (χ2n) is 7.21.